The SMILES string of the molecule is CCNC(=O)c1ccc(O[C@@H]2CCCN(c3ccn(C)n3)C2=O)cc1. The van der Waals surface area contributed by atoms with Gasteiger partial charge in [-0.2, -0.15) is 5.10 Å². The van der Waals surface area contributed by atoms with Gasteiger partial charge in [0.1, 0.15) is 5.75 Å². The Bertz CT molecular complexity index is 754. The molecule has 25 heavy (non-hydrogen) atoms. The van der Waals surface area contributed by atoms with E-state index in [0.29, 0.717) is 36.6 Å². The Balaban J connectivity index is 1.67. The molecule has 0 aliphatic carbocycles. The molecule has 3 rings (SSSR count). The Morgan fingerprint density at radius 1 is 1.32 bits per heavy atom. The van der Waals surface area contributed by atoms with E-state index in [1.807, 2.05) is 26.2 Å². The number of ether oxygens (including phenoxy) is 1. The Hall–Kier alpha value is -2.83. The lowest BCUT2D eigenvalue weighted by Crippen LogP contribution is -2.47. The van der Waals surface area contributed by atoms with Gasteiger partial charge in [-0.3, -0.25) is 19.2 Å². The number of nitrogens with zero attached hydrogens (tertiary/aromatic N) is 3. The van der Waals surface area contributed by atoms with Crippen LogP contribution in [0.15, 0.2) is 36.5 Å². The molecule has 1 aromatic heterocycles. The second-order valence-electron chi connectivity index (χ2n) is 5.97. The third-order valence-electron chi connectivity index (χ3n) is 4.10. The van der Waals surface area contributed by atoms with Crippen molar-refractivity contribution in [1.29, 1.82) is 0 Å². The number of amides is 2. The van der Waals surface area contributed by atoms with Gasteiger partial charge < -0.3 is 10.1 Å². The number of aryl methyl sites for hydroxylation is 1. The second-order valence-corrected chi connectivity index (χ2v) is 5.97. The van der Waals surface area contributed by atoms with Crippen LogP contribution in [-0.4, -0.2) is 40.8 Å². The largest absolute Gasteiger partial charge is 0.481 e. The van der Waals surface area contributed by atoms with Crippen molar-refractivity contribution in [3.8, 4) is 5.75 Å². The van der Waals surface area contributed by atoms with Gasteiger partial charge in [-0.05, 0) is 44.0 Å². The highest BCUT2D eigenvalue weighted by Crippen LogP contribution is 2.23. The van der Waals surface area contributed by atoms with Crippen LogP contribution >= 0.6 is 0 Å². The number of nitrogens with one attached hydrogen (secondary N) is 1. The molecule has 1 fully saturated rings. The minimum Gasteiger partial charge on any atom is -0.481 e. The van der Waals surface area contributed by atoms with Crippen molar-refractivity contribution in [2.45, 2.75) is 25.9 Å². The first-order valence-corrected chi connectivity index (χ1v) is 8.44. The smallest absolute Gasteiger partial charge is 0.269 e. The highest BCUT2D eigenvalue weighted by Gasteiger charge is 2.32. The van der Waals surface area contributed by atoms with Crippen molar-refractivity contribution in [2.75, 3.05) is 18.0 Å². The van der Waals surface area contributed by atoms with E-state index in [9.17, 15) is 9.59 Å². The van der Waals surface area contributed by atoms with Crippen LogP contribution < -0.4 is 15.0 Å². The van der Waals surface area contributed by atoms with Gasteiger partial charge in [0.15, 0.2) is 11.9 Å². The van der Waals surface area contributed by atoms with E-state index in [0.717, 1.165) is 6.42 Å². The molecule has 0 bridgehead atoms. The number of piperidine rings is 1. The molecule has 2 heterocycles. The van der Waals surface area contributed by atoms with Gasteiger partial charge in [0.05, 0.1) is 0 Å². The fourth-order valence-corrected chi connectivity index (χ4v) is 2.84. The van der Waals surface area contributed by atoms with Crippen LogP contribution in [-0.2, 0) is 11.8 Å². The summed E-state index contributed by atoms with van der Waals surface area (Å²) in [4.78, 5) is 26.1. The molecule has 132 valence electrons. The quantitative estimate of drug-likeness (QED) is 0.898. The zero-order valence-corrected chi connectivity index (χ0v) is 14.4. The predicted molar refractivity (Wildman–Crippen MR) is 93.7 cm³/mol. The van der Waals surface area contributed by atoms with E-state index in [2.05, 4.69) is 10.4 Å². The summed E-state index contributed by atoms with van der Waals surface area (Å²) in [6.07, 6.45) is 2.79. The molecule has 0 spiro atoms. The number of aromatic nitrogens is 2. The average molecular weight is 342 g/mol. The average Bonchev–Trinajstić information content (AvgIpc) is 3.04. The fourth-order valence-electron chi connectivity index (χ4n) is 2.84. The van der Waals surface area contributed by atoms with E-state index in [1.165, 1.54) is 0 Å². The Kier molecular flexibility index (Phi) is 5.02. The minimum atomic E-state index is -0.536. The van der Waals surface area contributed by atoms with Crippen LogP contribution in [0.4, 0.5) is 5.82 Å². The highest BCUT2D eigenvalue weighted by molar-refractivity contribution is 5.96. The number of benzene rings is 1. The van der Waals surface area contributed by atoms with E-state index in [1.54, 1.807) is 33.8 Å². The lowest BCUT2D eigenvalue weighted by molar-refractivity contribution is -0.127. The zero-order valence-electron chi connectivity index (χ0n) is 14.4. The maximum absolute atomic E-state index is 12.7. The molecular formula is C18H22N4O3. The summed E-state index contributed by atoms with van der Waals surface area (Å²) in [5.41, 5.74) is 0.569. The van der Waals surface area contributed by atoms with Crippen molar-refractivity contribution >= 4 is 17.6 Å². The van der Waals surface area contributed by atoms with Crippen molar-refractivity contribution in [3.63, 3.8) is 0 Å². The van der Waals surface area contributed by atoms with Gasteiger partial charge in [-0.25, -0.2) is 0 Å². The maximum atomic E-state index is 12.7. The summed E-state index contributed by atoms with van der Waals surface area (Å²) in [6, 6.07) is 8.66. The first kappa shape index (κ1) is 17.0. The molecule has 7 nitrogen and oxygen atoms in total. The van der Waals surface area contributed by atoms with Crippen molar-refractivity contribution in [2.24, 2.45) is 7.05 Å². The van der Waals surface area contributed by atoms with Crippen LogP contribution in [0.1, 0.15) is 30.1 Å². The van der Waals surface area contributed by atoms with E-state index < -0.39 is 6.10 Å². The molecule has 2 amide bonds. The molecule has 1 atom stereocenters. The fraction of sp³-hybridized carbons (Fsp3) is 0.389. The number of hydrogen-bond acceptors (Lipinski definition) is 4. The molecule has 1 aliphatic heterocycles. The van der Waals surface area contributed by atoms with Gasteiger partial charge >= 0.3 is 0 Å². The van der Waals surface area contributed by atoms with Crippen molar-refractivity contribution in [1.82, 2.24) is 15.1 Å². The maximum Gasteiger partial charge on any atom is 0.269 e. The molecule has 1 N–H and O–H groups in total. The third kappa shape index (κ3) is 3.81. The van der Waals surface area contributed by atoms with E-state index in [-0.39, 0.29) is 11.8 Å². The summed E-state index contributed by atoms with van der Waals surface area (Å²) < 4.78 is 7.54. The minimum absolute atomic E-state index is 0.0854. The second kappa shape index (κ2) is 7.38. The summed E-state index contributed by atoms with van der Waals surface area (Å²) in [5, 5.41) is 7.04. The first-order valence-electron chi connectivity index (χ1n) is 8.44. The van der Waals surface area contributed by atoms with Crippen LogP contribution in [0.3, 0.4) is 0 Å². The molecule has 0 unspecified atom stereocenters. The molecule has 1 aromatic carbocycles. The molecule has 2 aromatic rings. The van der Waals surface area contributed by atoms with E-state index in [4.69, 9.17) is 4.74 Å². The number of rotatable bonds is 5. The molecule has 0 saturated carbocycles. The molecular weight excluding hydrogens is 320 g/mol. The lowest BCUT2D eigenvalue weighted by atomic mass is 10.1. The van der Waals surface area contributed by atoms with E-state index >= 15 is 0 Å². The predicted octanol–water partition coefficient (Wildman–Crippen LogP) is 1.74. The normalized spacial score (nSPS) is 17.4. The van der Waals surface area contributed by atoms with Gasteiger partial charge in [-0.1, -0.05) is 0 Å². The Labute approximate surface area is 146 Å². The third-order valence-corrected chi connectivity index (χ3v) is 4.10. The lowest BCUT2D eigenvalue weighted by Gasteiger charge is -2.30. The van der Waals surface area contributed by atoms with Crippen LogP contribution in [0.2, 0.25) is 0 Å². The van der Waals surface area contributed by atoms with Crippen LogP contribution in [0, 0.1) is 0 Å². The molecule has 1 aliphatic rings. The summed E-state index contributed by atoms with van der Waals surface area (Å²) in [7, 11) is 1.82. The monoisotopic (exact) mass is 342 g/mol. The molecule has 0 radical (unpaired) electrons. The Morgan fingerprint density at radius 2 is 2.08 bits per heavy atom. The van der Waals surface area contributed by atoms with Gasteiger partial charge in [-0.15, -0.1) is 0 Å². The molecule has 7 heteroatoms. The number of carbonyl (C=O) groups is 2. The summed E-state index contributed by atoms with van der Waals surface area (Å²) in [5.74, 6) is 1.02. The Morgan fingerprint density at radius 3 is 2.72 bits per heavy atom. The molecule has 1 saturated heterocycles. The van der Waals surface area contributed by atoms with Crippen LogP contribution in [0.25, 0.3) is 0 Å². The van der Waals surface area contributed by atoms with Gasteiger partial charge in [0, 0.05) is 38.0 Å². The first-order chi connectivity index (χ1) is 12.1. The van der Waals surface area contributed by atoms with Gasteiger partial charge in [0.2, 0.25) is 0 Å². The number of hydrogen-bond donors (Lipinski definition) is 1. The highest BCUT2D eigenvalue weighted by atomic mass is 16.5. The number of carbonyl (C=O) groups excluding carboxylic acids is 2. The standard InChI is InChI=1S/C18H22N4O3/c1-3-19-17(23)13-6-8-14(9-7-13)25-15-5-4-11-22(18(15)24)16-10-12-21(2)20-16/h6-10,12,15H,3-5,11H2,1-2H3,(H,19,23)/t15-/m1/s1. The van der Waals surface area contributed by atoms with Crippen LogP contribution in [0.5, 0.6) is 5.75 Å². The zero-order chi connectivity index (χ0) is 17.8. The summed E-state index contributed by atoms with van der Waals surface area (Å²) >= 11 is 0. The van der Waals surface area contributed by atoms with Crippen molar-refractivity contribution < 1.29 is 14.3 Å². The topological polar surface area (TPSA) is 76.5 Å². The van der Waals surface area contributed by atoms with Crippen molar-refractivity contribution in [3.05, 3.63) is 42.1 Å². The number of anilines is 1. The van der Waals surface area contributed by atoms with Gasteiger partial charge in [0.25, 0.3) is 11.8 Å². The summed E-state index contributed by atoms with van der Waals surface area (Å²) in [6.45, 7) is 3.10.